The number of amides is 2. The number of nitrogens with one attached hydrogen (secondary N) is 2. The van der Waals surface area contributed by atoms with Crippen molar-refractivity contribution in [1.29, 1.82) is 0 Å². The van der Waals surface area contributed by atoms with E-state index in [9.17, 15) is 4.79 Å². The van der Waals surface area contributed by atoms with Crippen molar-refractivity contribution >= 4 is 27.8 Å². The van der Waals surface area contributed by atoms with Crippen molar-refractivity contribution in [1.82, 2.24) is 10.5 Å². The van der Waals surface area contributed by atoms with Gasteiger partial charge in [-0.25, -0.2) is 4.79 Å². The average Bonchev–Trinajstić information content (AvgIpc) is 2.48. The predicted molar refractivity (Wildman–Crippen MR) is 51.7 cm³/mol. The Kier molecular flexibility index (Phi) is 3.30. The topological polar surface area (TPSA) is 67.2 Å². The highest BCUT2D eigenvalue weighted by Crippen LogP contribution is 2.26. The first-order valence-corrected chi connectivity index (χ1v) is 4.61. The van der Waals surface area contributed by atoms with Crippen LogP contribution in [-0.4, -0.2) is 18.2 Å². The van der Waals surface area contributed by atoms with Gasteiger partial charge in [-0.3, -0.25) is 5.32 Å². The molecule has 0 unspecified atom stereocenters. The molecule has 1 aromatic rings. The molecule has 72 valence electrons. The lowest BCUT2D eigenvalue weighted by atomic mass is 10.3. The predicted octanol–water partition coefficient (Wildman–Crippen LogP) is 1.75. The Balaban J connectivity index is 2.78. The second-order valence-electron chi connectivity index (χ2n) is 2.33. The minimum Gasteiger partial charge on any atom is -0.341 e. The number of aromatic nitrogens is 1. The minimum absolute atomic E-state index is 0.330. The molecule has 2 amide bonds. The third-order valence-electron chi connectivity index (χ3n) is 1.49. The number of urea groups is 1. The fourth-order valence-electron chi connectivity index (χ4n) is 0.775. The Hall–Kier alpha value is -1.04. The van der Waals surface area contributed by atoms with Gasteiger partial charge in [-0.15, -0.1) is 0 Å². The number of halogens is 1. The molecule has 0 aromatic carbocycles. The van der Waals surface area contributed by atoms with Crippen LogP contribution in [0.5, 0.6) is 0 Å². The summed E-state index contributed by atoms with van der Waals surface area (Å²) in [5.74, 6) is 0.330. The molecule has 1 rings (SSSR count). The fourth-order valence-corrected chi connectivity index (χ4v) is 1.30. The third kappa shape index (κ3) is 2.21. The van der Waals surface area contributed by atoms with Crippen molar-refractivity contribution in [2.24, 2.45) is 0 Å². The van der Waals surface area contributed by atoms with Crippen LogP contribution >= 0.6 is 15.9 Å². The zero-order valence-electron chi connectivity index (χ0n) is 7.35. The lowest BCUT2D eigenvalue weighted by Gasteiger charge is -1.98. The molecule has 1 heterocycles. The molecule has 0 aliphatic rings. The van der Waals surface area contributed by atoms with Gasteiger partial charge in [0.25, 0.3) is 0 Å². The van der Waals surface area contributed by atoms with Crippen molar-refractivity contribution in [3.63, 3.8) is 0 Å². The summed E-state index contributed by atoms with van der Waals surface area (Å²) in [5.41, 5.74) is 0.784. The van der Waals surface area contributed by atoms with Crippen LogP contribution < -0.4 is 10.6 Å². The number of hydrogen-bond donors (Lipinski definition) is 2. The maximum atomic E-state index is 10.9. The van der Waals surface area contributed by atoms with Crippen LogP contribution in [0.3, 0.4) is 0 Å². The number of rotatable bonds is 2. The largest absolute Gasteiger partial charge is 0.341 e. The van der Waals surface area contributed by atoms with Gasteiger partial charge < -0.3 is 9.84 Å². The Labute approximate surface area is 84.0 Å². The molecule has 0 saturated heterocycles. The van der Waals surface area contributed by atoms with Gasteiger partial charge in [0.05, 0.1) is 5.69 Å². The van der Waals surface area contributed by atoms with E-state index in [0.29, 0.717) is 10.4 Å². The van der Waals surface area contributed by atoms with Crippen molar-refractivity contribution < 1.29 is 9.32 Å². The van der Waals surface area contributed by atoms with Crippen LogP contribution in [0.1, 0.15) is 12.6 Å². The van der Waals surface area contributed by atoms with Crippen molar-refractivity contribution in [3.05, 3.63) is 10.2 Å². The second kappa shape index (κ2) is 4.27. The third-order valence-corrected chi connectivity index (χ3v) is 2.31. The summed E-state index contributed by atoms with van der Waals surface area (Å²) in [5, 5.41) is 8.65. The molecular weight excluding hydrogens is 238 g/mol. The van der Waals surface area contributed by atoms with Crippen molar-refractivity contribution in [2.75, 3.05) is 12.4 Å². The van der Waals surface area contributed by atoms with Gasteiger partial charge in [-0.1, -0.05) is 12.1 Å². The first kappa shape index (κ1) is 10.0. The van der Waals surface area contributed by atoms with Gasteiger partial charge in [0.2, 0.25) is 5.88 Å². The molecule has 0 radical (unpaired) electrons. The molecule has 0 aliphatic heterocycles. The molecule has 1 aromatic heterocycles. The Morgan fingerprint density at radius 2 is 2.38 bits per heavy atom. The molecule has 2 N–H and O–H groups in total. The van der Waals surface area contributed by atoms with Crippen LogP contribution in [-0.2, 0) is 6.42 Å². The van der Waals surface area contributed by atoms with Crippen molar-refractivity contribution in [2.45, 2.75) is 13.3 Å². The van der Waals surface area contributed by atoms with Crippen molar-refractivity contribution in [3.8, 4) is 0 Å². The number of carbonyl (C=O) groups is 1. The highest BCUT2D eigenvalue weighted by Gasteiger charge is 2.13. The first-order valence-electron chi connectivity index (χ1n) is 3.81. The van der Waals surface area contributed by atoms with Crippen LogP contribution in [0.2, 0.25) is 0 Å². The molecule has 0 bridgehead atoms. The quantitative estimate of drug-likeness (QED) is 0.837. The number of hydrogen-bond acceptors (Lipinski definition) is 3. The first-order chi connectivity index (χ1) is 6.19. The number of aryl methyl sites for hydroxylation is 1. The van der Waals surface area contributed by atoms with E-state index < -0.39 is 0 Å². The lowest BCUT2D eigenvalue weighted by molar-refractivity contribution is 0.253. The molecule has 0 aliphatic carbocycles. The second-order valence-corrected chi connectivity index (χ2v) is 3.12. The van der Waals surface area contributed by atoms with E-state index in [1.807, 2.05) is 6.92 Å². The number of carbonyl (C=O) groups excluding carboxylic acids is 1. The molecule has 6 heteroatoms. The van der Waals surface area contributed by atoms with E-state index in [-0.39, 0.29) is 6.03 Å². The average molecular weight is 248 g/mol. The molecular formula is C7H10BrN3O2. The van der Waals surface area contributed by atoms with Gasteiger partial charge in [0.1, 0.15) is 4.47 Å². The maximum absolute atomic E-state index is 10.9. The van der Waals surface area contributed by atoms with Gasteiger partial charge in [-0.05, 0) is 22.4 Å². The van der Waals surface area contributed by atoms with E-state index in [1.165, 1.54) is 7.05 Å². The van der Waals surface area contributed by atoms with Crippen LogP contribution in [0.4, 0.5) is 10.7 Å². The van der Waals surface area contributed by atoms with Crippen LogP contribution in [0, 0.1) is 0 Å². The Morgan fingerprint density at radius 3 is 2.85 bits per heavy atom. The summed E-state index contributed by atoms with van der Waals surface area (Å²) in [6, 6.07) is -0.334. The Bertz CT molecular complexity index is 311. The Morgan fingerprint density at radius 1 is 1.69 bits per heavy atom. The summed E-state index contributed by atoms with van der Waals surface area (Å²) in [6.45, 7) is 1.95. The normalized spacial score (nSPS) is 9.77. The van der Waals surface area contributed by atoms with E-state index in [4.69, 9.17) is 4.52 Å². The van der Waals surface area contributed by atoms with Gasteiger partial charge >= 0.3 is 6.03 Å². The minimum atomic E-state index is -0.334. The van der Waals surface area contributed by atoms with E-state index >= 15 is 0 Å². The highest BCUT2D eigenvalue weighted by atomic mass is 79.9. The fraction of sp³-hybridized carbons (Fsp3) is 0.429. The lowest BCUT2D eigenvalue weighted by Crippen LogP contribution is -2.24. The number of nitrogens with zero attached hydrogens (tertiary/aromatic N) is 1. The number of anilines is 1. The summed E-state index contributed by atoms with van der Waals surface area (Å²) >= 11 is 3.27. The maximum Gasteiger partial charge on any atom is 0.321 e. The smallest absolute Gasteiger partial charge is 0.321 e. The van der Waals surface area contributed by atoms with E-state index in [0.717, 1.165) is 12.1 Å². The SMILES string of the molecule is CCc1noc(NC(=O)NC)c1Br. The van der Waals surface area contributed by atoms with Crippen LogP contribution in [0.15, 0.2) is 9.00 Å². The molecule has 13 heavy (non-hydrogen) atoms. The van der Waals surface area contributed by atoms with Gasteiger partial charge in [0.15, 0.2) is 0 Å². The van der Waals surface area contributed by atoms with Gasteiger partial charge in [-0.2, -0.15) is 0 Å². The zero-order valence-corrected chi connectivity index (χ0v) is 8.93. The summed E-state index contributed by atoms with van der Waals surface area (Å²) in [7, 11) is 1.53. The molecule has 0 spiro atoms. The molecule has 5 nitrogen and oxygen atoms in total. The summed E-state index contributed by atoms with van der Waals surface area (Å²) in [6.07, 6.45) is 0.750. The summed E-state index contributed by atoms with van der Waals surface area (Å²) < 4.78 is 5.58. The van der Waals surface area contributed by atoms with E-state index in [1.54, 1.807) is 0 Å². The summed E-state index contributed by atoms with van der Waals surface area (Å²) in [4.78, 5) is 10.9. The highest BCUT2D eigenvalue weighted by molar-refractivity contribution is 9.10. The zero-order chi connectivity index (χ0) is 9.84. The van der Waals surface area contributed by atoms with E-state index in [2.05, 4.69) is 31.7 Å². The van der Waals surface area contributed by atoms with Crippen LogP contribution in [0.25, 0.3) is 0 Å². The monoisotopic (exact) mass is 247 g/mol. The molecule has 0 saturated carbocycles. The van der Waals surface area contributed by atoms with Gasteiger partial charge in [0, 0.05) is 7.05 Å². The standard InChI is InChI=1S/C7H10BrN3O2/c1-3-4-5(8)6(13-11-4)10-7(12)9-2/h3H2,1-2H3,(H2,9,10,12). The molecule has 0 atom stereocenters. The molecule has 0 fully saturated rings.